The molecule has 0 amide bonds. The molecule has 0 bridgehead atoms. The van der Waals surface area contributed by atoms with Gasteiger partial charge in [-0.3, -0.25) is 9.71 Å². The maximum absolute atomic E-state index is 15.3. The zero-order valence-corrected chi connectivity index (χ0v) is 22.4. The Hall–Kier alpha value is -4.30. The summed E-state index contributed by atoms with van der Waals surface area (Å²) < 4.78 is 50.4. The van der Waals surface area contributed by atoms with Gasteiger partial charge in [-0.2, -0.15) is 5.26 Å². The van der Waals surface area contributed by atoms with Gasteiger partial charge in [-0.15, -0.1) is 0 Å². The Balaban J connectivity index is 1.60. The predicted octanol–water partition coefficient (Wildman–Crippen LogP) is 6.36. The van der Waals surface area contributed by atoms with Crippen molar-refractivity contribution in [2.45, 2.75) is 39.2 Å². The van der Waals surface area contributed by atoms with E-state index in [4.69, 9.17) is 4.74 Å². The van der Waals surface area contributed by atoms with Crippen molar-refractivity contribution in [3.63, 3.8) is 0 Å². The Bertz CT molecular complexity index is 1720. The lowest BCUT2D eigenvalue weighted by atomic mass is 9.92. The van der Waals surface area contributed by atoms with Gasteiger partial charge in [-0.1, -0.05) is 19.9 Å². The molecule has 9 nitrogen and oxygen atoms in total. The number of aromatic nitrogens is 3. The molecule has 0 radical (unpaired) electrons. The van der Waals surface area contributed by atoms with Crippen molar-refractivity contribution < 1.29 is 17.5 Å². The molecule has 1 N–H and O–H groups in total. The van der Waals surface area contributed by atoms with Gasteiger partial charge in [0.15, 0.2) is 0 Å². The standard InChI is InChI=1S/C28H27FN6O3S/c1-17(2)16-39(36,37)34-23-10-7-18(13-22(23)29)27-26(31-3)21-9-8-20(14-25(21)35(27)19-5-4-6-19)38-28-24(15-30)32-11-12-33-28/h7-14,17,19,34H,3-6,16H2,1-2H3. The van der Waals surface area contributed by atoms with Gasteiger partial charge < -0.3 is 9.30 Å². The highest BCUT2D eigenvalue weighted by atomic mass is 32.2. The monoisotopic (exact) mass is 546 g/mol. The lowest BCUT2D eigenvalue weighted by Gasteiger charge is -2.30. The molecule has 2 heterocycles. The number of hydrogen-bond donors (Lipinski definition) is 1. The minimum absolute atomic E-state index is 0.0701. The predicted molar refractivity (Wildman–Crippen MR) is 148 cm³/mol. The number of aliphatic imine (C=N–C) groups is 1. The van der Waals surface area contributed by atoms with Crippen LogP contribution in [-0.4, -0.2) is 35.4 Å². The lowest BCUT2D eigenvalue weighted by Crippen LogP contribution is -2.20. The SMILES string of the molecule is C=Nc1c(-c2ccc(NS(=O)(=O)CC(C)C)c(F)c2)n(C2CCC2)c2cc(Oc3nccnc3C#N)ccc12. The number of hydrogen-bond acceptors (Lipinski definition) is 7. The van der Waals surface area contributed by atoms with E-state index in [0.717, 1.165) is 30.2 Å². The van der Waals surface area contributed by atoms with Crippen LogP contribution < -0.4 is 9.46 Å². The van der Waals surface area contributed by atoms with Gasteiger partial charge in [0.25, 0.3) is 5.88 Å². The van der Waals surface area contributed by atoms with Crippen LogP contribution >= 0.6 is 0 Å². The first-order valence-corrected chi connectivity index (χ1v) is 14.2. The van der Waals surface area contributed by atoms with Gasteiger partial charge in [-0.25, -0.2) is 22.8 Å². The summed E-state index contributed by atoms with van der Waals surface area (Å²) in [7, 11) is -3.69. The van der Waals surface area contributed by atoms with Gasteiger partial charge in [0.05, 0.1) is 28.3 Å². The minimum atomic E-state index is -3.69. The average Bonchev–Trinajstić information content (AvgIpc) is 3.17. The number of ether oxygens (including phenoxy) is 1. The number of sulfonamides is 1. The van der Waals surface area contributed by atoms with Crippen molar-refractivity contribution in [3.8, 4) is 29.0 Å². The smallest absolute Gasteiger partial charge is 0.256 e. The summed E-state index contributed by atoms with van der Waals surface area (Å²) in [5.74, 6) is -0.333. The van der Waals surface area contributed by atoms with E-state index in [0.29, 0.717) is 22.7 Å². The van der Waals surface area contributed by atoms with Crippen molar-refractivity contribution >= 4 is 39.0 Å². The molecule has 5 rings (SSSR count). The molecule has 2 aromatic heterocycles. The summed E-state index contributed by atoms with van der Waals surface area (Å²) in [6.45, 7) is 7.35. The van der Waals surface area contributed by atoms with Gasteiger partial charge in [0.2, 0.25) is 15.7 Å². The minimum Gasteiger partial charge on any atom is -0.436 e. The Morgan fingerprint density at radius 3 is 2.64 bits per heavy atom. The summed E-state index contributed by atoms with van der Waals surface area (Å²) in [5, 5.41) is 10.1. The molecule has 1 aliphatic rings. The third-order valence-electron chi connectivity index (χ3n) is 6.59. The van der Waals surface area contributed by atoms with Crippen molar-refractivity contribution in [1.82, 2.24) is 14.5 Å². The Kier molecular flexibility index (Phi) is 7.06. The second kappa shape index (κ2) is 10.5. The summed E-state index contributed by atoms with van der Waals surface area (Å²) in [6, 6.07) is 12.0. The molecule has 0 aliphatic heterocycles. The second-order valence-electron chi connectivity index (χ2n) is 9.88. The van der Waals surface area contributed by atoms with Crippen molar-refractivity contribution in [3.05, 3.63) is 60.3 Å². The lowest BCUT2D eigenvalue weighted by molar-refractivity contribution is 0.324. The first-order valence-electron chi connectivity index (χ1n) is 12.5. The van der Waals surface area contributed by atoms with Crippen molar-refractivity contribution in [1.29, 1.82) is 5.26 Å². The highest BCUT2D eigenvalue weighted by molar-refractivity contribution is 7.92. The fraction of sp³-hybridized carbons (Fsp3) is 0.286. The molecular formula is C28H27FN6O3S. The van der Waals surface area contributed by atoms with Crippen molar-refractivity contribution in [2.75, 3.05) is 10.5 Å². The first-order chi connectivity index (χ1) is 18.7. The molecule has 0 unspecified atom stereocenters. The maximum atomic E-state index is 15.3. The number of halogens is 1. The summed E-state index contributed by atoms with van der Waals surface area (Å²) in [6.07, 6.45) is 5.81. The normalized spacial score (nSPS) is 13.7. The summed E-state index contributed by atoms with van der Waals surface area (Å²) >= 11 is 0. The molecular weight excluding hydrogens is 519 g/mol. The molecule has 1 aliphatic carbocycles. The third-order valence-corrected chi connectivity index (χ3v) is 8.23. The summed E-state index contributed by atoms with van der Waals surface area (Å²) in [5.41, 5.74) is 2.61. The van der Waals surface area contributed by atoms with Gasteiger partial charge >= 0.3 is 0 Å². The molecule has 4 aromatic rings. The van der Waals surface area contributed by atoms with Crippen LogP contribution in [0.5, 0.6) is 11.6 Å². The number of nitrogens with one attached hydrogen (secondary N) is 1. The van der Waals surface area contributed by atoms with E-state index in [1.165, 1.54) is 24.5 Å². The number of fused-ring (bicyclic) bond motifs is 1. The number of anilines is 1. The highest BCUT2D eigenvalue weighted by Crippen LogP contribution is 2.47. The number of nitrogens with zero attached hydrogens (tertiary/aromatic N) is 5. The molecule has 1 fully saturated rings. The number of benzene rings is 2. The van der Waals surface area contributed by atoms with E-state index in [-0.39, 0.29) is 35.0 Å². The highest BCUT2D eigenvalue weighted by Gasteiger charge is 2.28. The number of nitriles is 1. The molecule has 200 valence electrons. The fourth-order valence-corrected chi connectivity index (χ4v) is 6.24. The average molecular weight is 547 g/mol. The van der Waals surface area contributed by atoms with E-state index in [1.54, 1.807) is 26.0 Å². The largest absolute Gasteiger partial charge is 0.436 e. The number of rotatable bonds is 9. The zero-order chi connectivity index (χ0) is 27.7. The van der Waals surface area contributed by atoms with Crippen LogP contribution in [-0.2, 0) is 10.0 Å². The molecule has 0 atom stereocenters. The molecule has 11 heteroatoms. The molecule has 39 heavy (non-hydrogen) atoms. The third kappa shape index (κ3) is 5.20. The molecule has 1 saturated carbocycles. The van der Waals surface area contributed by atoms with E-state index in [9.17, 15) is 13.7 Å². The van der Waals surface area contributed by atoms with E-state index in [2.05, 4.69) is 31.0 Å². The van der Waals surface area contributed by atoms with E-state index < -0.39 is 15.8 Å². The zero-order valence-electron chi connectivity index (χ0n) is 21.6. The van der Waals surface area contributed by atoms with Crippen LogP contribution in [0, 0.1) is 23.1 Å². The van der Waals surface area contributed by atoms with Crippen LogP contribution in [0.3, 0.4) is 0 Å². The molecule has 0 spiro atoms. The Morgan fingerprint density at radius 2 is 2.00 bits per heavy atom. The van der Waals surface area contributed by atoms with Gasteiger partial charge in [0, 0.05) is 35.5 Å². The molecule has 0 saturated heterocycles. The van der Waals surface area contributed by atoms with Crippen LogP contribution in [0.25, 0.3) is 22.2 Å². The van der Waals surface area contributed by atoms with Crippen LogP contribution in [0.1, 0.15) is 44.8 Å². The molecule has 2 aromatic carbocycles. The fourth-order valence-electron chi connectivity index (χ4n) is 4.78. The van der Waals surface area contributed by atoms with Crippen LogP contribution in [0.4, 0.5) is 15.8 Å². The quantitative estimate of drug-likeness (QED) is 0.244. The van der Waals surface area contributed by atoms with Gasteiger partial charge in [-0.05, 0) is 56.2 Å². The maximum Gasteiger partial charge on any atom is 0.256 e. The van der Waals surface area contributed by atoms with E-state index >= 15 is 4.39 Å². The second-order valence-corrected chi connectivity index (χ2v) is 11.7. The van der Waals surface area contributed by atoms with Gasteiger partial charge in [0.1, 0.15) is 17.6 Å². The Labute approximate surface area is 226 Å². The Morgan fingerprint density at radius 1 is 1.23 bits per heavy atom. The van der Waals surface area contributed by atoms with Crippen LogP contribution in [0.15, 0.2) is 53.8 Å². The topological polar surface area (TPSA) is 122 Å². The first kappa shape index (κ1) is 26.3. The van der Waals surface area contributed by atoms with E-state index in [1.807, 2.05) is 18.2 Å². The summed E-state index contributed by atoms with van der Waals surface area (Å²) in [4.78, 5) is 12.4. The van der Waals surface area contributed by atoms with Crippen molar-refractivity contribution in [2.24, 2.45) is 10.9 Å². The van der Waals surface area contributed by atoms with Crippen LogP contribution in [0.2, 0.25) is 0 Å².